The van der Waals surface area contributed by atoms with E-state index in [2.05, 4.69) is 5.43 Å². The van der Waals surface area contributed by atoms with Crippen LogP contribution in [0.1, 0.15) is 17.2 Å². The van der Waals surface area contributed by atoms with Crippen LogP contribution in [0.4, 0.5) is 0 Å². The van der Waals surface area contributed by atoms with E-state index in [-0.39, 0.29) is 23.8 Å². The third-order valence-corrected chi connectivity index (χ3v) is 4.89. The predicted octanol–water partition coefficient (Wildman–Crippen LogP) is 1.73. The van der Waals surface area contributed by atoms with Gasteiger partial charge < -0.3 is 0 Å². The number of hydrogen-bond donors (Lipinski definition) is 1. The van der Waals surface area contributed by atoms with Crippen molar-refractivity contribution < 1.29 is 9.59 Å². The number of likely N-dealkylation sites (N-methyl/N-ethyl adjacent to an activating group) is 1. The highest BCUT2D eigenvalue weighted by molar-refractivity contribution is 6.07. The number of nitrogens with one attached hydrogen (secondary N) is 1. The Balaban J connectivity index is 1.69. The van der Waals surface area contributed by atoms with Gasteiger partial charge in [0.2, 0.25) is 11.8 Å². The highest BCUT2D eigenvalue weighted by Crippen LogP contribution is 2.40. The van der Waals surface area contributed by atoms with Crippen LogP contribution in [0.3, 0.4) is 0 Å². The Morgan fingerprint density at radius 3 is 2.21 bits per heavy atom. The summed E-state index contributed by atoms with van der Waals surface area (Å²) >= 11 is 0. The van der Waals surface area contributed by atoms with Crippen molar-refractivity contribution in [2.24, 2.45) is 5.92 Å². The second-order valence-electron chi connectivity index (χ2n) is 6.34. The Hall–Kier alpha value is -2.50. The van der Waals surface area contributed by atoms with Crippen molar-refractivity contribution >= 4 is 11.8 Å². The summed E-state index contributed by atoms with van der Waals surface area (Å²) in [7, 11) is 1.58. The van der Waals surface area contributed by atoms with Gasteiger partial charge in [0.1, 0.15) is 6.04 Å². The molecule has 0 bridgehead atoms. The first kappa shape index (κ1) is 15.1. The average molecular weight is 321 g/mol. The largest absolute Gasteiger partial charge is 0.284 e. The lowest BCUT2D eigenvalue weighted by atomic mass is 9.91. The molecule has 2 aliphatic rings. The molecule has 2 aromatic rings. The Morgan fingerprint density at radius 1 is 0.917 bits per heavy atom. The fourth-order valence-corrected chi connectivity index (χ4v) is 3.68. The van der Waals surface area contributed by atoms with Crippen LogP contribution in [0.5, 0.6) is 0 Å². The number of carbonyl (C=O) groups excluding carboxylic acids is 2. The van der Waals surface area contributed by atoms with Gasteiger partial charge in [0, 0.05) is 13.6 Å². The van der Waals surface area contributed by atoms with Crippen molar-refractivity contribution in [1.82, 2.24) is 15.3 Å². The molecular weight excluding hydrogens is 302 g/mol. The molecule has 0 unspecified atom stereocenters. The summed E-state index contributed by atoms with van der Waals surface area (Å²) in [5.41, 5.74) is 5.54. The van der Waals surface area contributed by atoms with Gasteiger partial charge in [-0.3, -0.25) is 14.5 Å². The topological polar surface area (TPSA) is 52.7 Å². The molecule has 1 N–H and O–H groups in total. The smallest absolute Gasteiger partial charge is 0.248 e. The summed E-state index contributed by atoms with van der Waals surface area (Å²) in [4.78, 5) is 26.5. The summed E-state index contributed by atoms with van der Waals surface area (Å²) in [5, 5.41) is 1.92. The maximum Gasteiger partial charge on any atom is 0.248 e. The molecule has 0 aromatic heterocycles. The molecule has 4 rings (SSSR count). The van der Waals surface area contributed by atoms with Crippen LogP contribution in [-0.2, 0) is 16.1 Å². The van der Waals surface area contributed by atoms with Crippen molar-refractivity contribution in [2.45, 2.75) is 18.6 Å². The molecule has 0 saturated carbocycles. The lowest BCUT2D eigenvalue weighted by Crippen LogP contribution is -2.43. The molecule has 122 valence electrons. The first-order valence-electron chi connectivity index (χ1n) is 8.10. The van der Waals surface area contributed by atoms with Crippen LogP contribution < -0.4 is 5.43 Å². The monoisotopic (exact) mass is 321 g/mol. The lowest BCUT2D eigenvalue weighted by Gasteiger charge is -2.23. The molecule has 0 spiro atoms. The van der Waals surface area contributed by atoms with Gasteiger partial charge in [-0.25, -0.2) is 10.4 Å². The van der Waals surface area contributed by atoms with Crippen molar-refractivity contribution in [1.29, 1.82) is 0 Å². The number of carbonyl (C=O) groups is 2. The standard InChI is InChI=1S/C19H19N3O2/c1-21-18(23)15-16(14-10-6-3-7-11-14)20-22(17(15)19(21)24)12-13-8-4-2-5-9-13/h2-11,15-17,20H,12H2,1H3/t15-,16-,17-/m1/s1. The van der Waals surface area contributed by atoms with E-state index in [1.807, 2.05) is 65.7 Å². The number of hydrazine groups is 1. The molecule has 0 radical (unpaired) electrons. The van der Waals surface area contributed by atoms with Gasteiger partial charge in [-0.15, -0.1) is 0 Å². The summed E-state index contributed by atoms with van der Waals surface area (Å²) in [6.45, 7) is 0.582. The Kier molecular flexibility index (Phi) is 3.67. The fourth-order valence-electron chi connectivity index (χ4n) is 3.68. The Labute approximate surface area is 140 Å². The fraction of sp³-hybridized carbons (Fsp3) is 0.263. The van der Waals surface area contributed by atoms with Crippen molar-refractivity contribution in [2.75, 3.05) is 7.05 Å². The van der Waals surface area contributed by atoms with Crippen LogP contribution in [0.25, 0.3) is 0 Å². The highest BCUT2D eigenvalue weighted by Gasteiger charge is 2.57. The number of imide groups is 1. The molecule has 2 aromatic carbocycles. The quantitative estimate of drug-likeness (QED) is 0.875. The van der Waals surface area contributed by atoms with Crippen molar-refractivity contribution in [3.8, 4) is 0 Å². The first-order chi connectivity index (χ1) is 11.7. The van der Waals surface area contributed by atoms with Crippen LogP contribution in [0, 0.1) is 5.92 Å². The number of benzene rings is 2. The average Bonchev–Trinajstić information content (AvgIpc) is 3.09. The third-order valence-electron chi connectivity index (χ3n) is 4.89. The maximum absolute atomic E-state index is 12.6. The minimum atomic E-state index is -0.451. The SMILES string of the molecule is CN1C(=O)[C@@H]2[C@@H](c3ccccc3)NN(Cc3ccccc3)[C@H]2C1=O. The molecule has 5 nitrogen and oxygen atoms in total. The van der Waals surface area contributed by atoms with Gasteiger partial charge in [0.25, 0.3) is 0 Å². The van der Waals surface area contributed by atoms with E-state index in [4.69, 9.17) is 0 Å². The molecule has 24 heavy (non-hydrogen) atoms. The number of amides is 2. The third kappa shape index (κ3) is 2.33. The molecule has 2 saturated heterocycles. The van der Waals surface area contributed by atoms with Crippen LogP contribution in [-0.4, -0.2) is 34.8 Å². The van der Waals surface area contributed by atoms with E-state index < -0.39 is 6.04 Å². The molecule has 2 amide bonds. The zero-order valence-corrected chi connectivity index (χ0v) is 13.4. The normalized spacial score (nSPS) is 26.9. The Bertz CT molecular complexity index is 763. The van der Waals surface area contributed by atoms with Gasteiger partial charge >= 0.3 is 0 Å². The van der Waals surface area contributed by atoms with E-state index in [1.54, 1.807) is 7.05 Å². The minimum Gasteiger partial charge on any atom is -0.284 e. The molecule has 2 fully saturated rings. The Morgan fingerprint density at radius 2 is 1.54 bits per heavy atom. The summed E-state index contributed by atoms with van der Waals surface area (Å²) < 4.78 is 0. The van der Waals surface area contributed by atoms with Crippen LogP contribution in [0.15, 0.2) is 60.7 Å². The summed E-state index contributed by atoms with van der Waals surface area (Å²) in [5.74, 6) is -0.623. The van der Waals surface area contributed by atoms with E-state index in [9.17, 15) is 9.59 Å². The van der Waals surface area contributed by atoms with E-state index >= 15 is 0 Å². The van der Waals surface area contributed by atoms with Crippen LogP contribution in [0.2, 0.25) is 0 Å². The summed E-state index contributed by atoms with van der Waals surface area (Å²) in [6.07, 6.45) is 0. The second kappa shape index (κ2) is 5.85. The maximum atomic E-state index is 12.6. The second-order valence-corrected chi connectivity index (χ2v) is 6.34. The van der Waals surface area contributed by atoms with Gasteiger partial charge in [-0.1, -0.05) is 60.7 Å². The number of rotatable bonds is 3. The molecule has 0 aliphatic carbocycles. The molecule has 3 atom stereocenters. The van der Waals surface area contributed by atoms with Crippen molar-refractivity contribution in [3.63, 3.8) is 0 Å². The van der Waals surface area contributed by atoms with E-state index in [0.29, 0.717) is 6.54 Å². The number of nitrogens with zero attached hydrogens (tertiary/aromatic N) is 2. The first-order valence-corrected chi connectivity index (χ1v) is 8.10. The van der Waals surface area contributed by atoms with Crippen molar-refractivity contribution in [3.05, 3.63) is 71.8 Å². The van der Waals surface area contributed by atoms with Gasteiger partial charge in [-0.05, 0) is 11.1 Å². The van der Waals surface area contributed by atoms with Gasteiger partial charge in [0.15, 0.2) is 0 Å². The zero-order valence-electron chi connectivity index (χ0n) is 13.4. The molecule has 2 heterocycles. The highest BCUT2D eigenvalue weighted by atomic mass is 16.2. The number of fused-ring (bicyclic) bond motifs is 1. The number of hydrogen-bond acceptors (Lipinski definition) is 4. The molecular formula is C19H19N3O2. The summed E-state index contributed by atoms with van der Waals surface area (Å²) in [6, 6.07) is 19.2. The van der Waals surface area contributed by atoms with Crippen LogP contribution >= 0.6 is 0 Å². The van der Waals surface area contributed by atoms with E-state index in [1.165, 1.54) is 4.90 Å². The van der Waals surface area contributed by atoms with E-state index in [0.717, 1.165) is 11.1 Å². The molecule has 2 aliphatic heterocycles. The minimum absolute atomic E-state index is 0.109. The predicted molar refractivity (Wildman–Crippen MR) is 89.4 cm³/mol. The molecule has 5 heteroatoms. The van der Waals surface area contributed by atoms with Gasteiger partial charge in [-0.2, -0.15) is 0 Å². The number of likely N-dealkylation sites (tertiary alicyclic amines) is 1. The lowest BCUT2D eigenvalue weighted by molar-refractivity contribution is -0.139. The van der Waals surface area contributed by atoms with Gasteiger partial charge in [0.05, 0.1) is 12.0 Å². The zero-order chi connectivity index (χ0) is 16.7.